The zero-order valence-electron chi connectivity index (χ0n) is 10.3. The van der Waals surface area contributed by atoms with E-state index in [9.17, 15) is 5.11 Å². The van der Waals surface area contributed by atoms with Gasteiger partial charge >= 0.3 is 0 Å². The molecule has 1 rings (SSSR count). The van der Waals surface area contributed by atoms with E-state index >= 15 is 0 Å². The van der Waals surface area contributed by atoms with Crippen LogP contribution in [0.4, 0.5) is 0 Å². The Labute approximate surface area is 93.2 Å². The minimum atomic E-state index is -0.486. The summed E-state index contributed by atoms with van der Waals surface area (Å²) in [5.41, 5.74) is -0.486. The van der Waals surface area contributed by atoms with Gasteiger partial charge in [0.25, 0.3) is 0 Å². The van der Waals surface area contributed by atoms with E-state index in [2.05, 4.69) is 19.2 Å². The van der Waals surface area contributed by atoms with Gasteiger partial charge in [-0.25, -0.2) is 0 Å². The van der Waals surface area contributed by atoms with E-state index in [0.29, 0.717) is 19.1 Å². The molecule has 3 atom stereocenters. The molecule has 0 aliphatic heterocycles. The molecule has 1 aliphatic carbocycles. The van der Waals surface area contributed by atoms with Crippen LogP contribution in [0.15, 0.2) is 0 Å². The molecular weight excluding hydrogens is 190 g/mol. The summed E-state index contributed by atoms with van der Waals surface area (Å²) in [5.74, 6) is 1.39. The number of rotatable bonds is 5. The molecule has 0 spiro atoms. The molecule has 15 heavy (non-hydrogen) atoms. The summed E-state index contributed by atoms with van der Waals surface area (Å²) in [6.45, 7) is 6.75. The van der Waals surface area contributed by atoms with Gasteiger partial charge in [-0.3, -0.25) is 0 Å². The summed E-state index contributed by atoms with van der Waals surface area (Å²) in [6, 6.07) is 0. The number of aliphatic hydroxyl groups is 1. The monoisotopic (exact) mass is 215 g/mol. The van der Waals surface area contributed by atoms with E-state index in [1.165, 1.54) is 0 Å². The van der Waals surface area contributed by atoms with Crippen LogP contribution >= 0.6 is 0 Å². The molecule has 0 amide bonds. The van der Waals surface area contributed by atoms with Crippen molar-refractivity contribution in [3.63, 3.8) is 0 Å². The van der Waals surface area contributed by atoms with E-state index < -0.39 is 5.60 Å². The lowest BCUT2D eigenvalue weighted by Gasteiger charge is -2.39. The molecule has 1 fully saturated rings. The Morgan fingerprint density at radius 2 is 2.13 bits per heavy atom. The first kappa shape index (κ1) is 12.9. The highest BCUT2D eigenvalue weighted by atomic mass is 16.5. The van der Waals surface area contributed by atoms with Crippen LogP contribution in [0.2, 0.25) is 0 Å². The number of hydrogen-bond acceptors (Lipinski definition) is 3. The van der Waals surface area contributed by atoms with E-state index in [4.69, 9.17) is 4.74 Å². The van der Waals surface area contributed by atoms with E-state index in [0.717, 1.165) is 31.7 Å². The first-order valence-electron chi connectivity index (χ1n) is 5.99. The van der Waals surface area contributed by atoms with Gasteiger partial charge in [0.15, 0.2) is 0 Å². The molecule has 3 heteroatoms. The van der Waals surface area contributed by atoms with Gasteiger partial charge in [0.05, 0.1) is 12.2 Å². The van der Waals surface area contributed by atoms with Crippen LogP contribution in [0.5, 0.6) is 0 Å². The molecule has 0 bridgehead atoms. The second-order valence-corrected chi connectivity index (χ2v) is 5.09. The van der Waals surface area contributed by atoms with Crippen molar-refractivity contribution in [1.82, 2.24) is 5.32 Å². The van der Waals surface area contributed by atoms with Crippen molar-refractivity contribution < 1.29 is 9.84 Å². The van der Waals surface area contributed by atoms with Gasteiger partial charge in [0, 0.05) is 20.2 Å². The summed E-state index contributed by atoms with van der Waals surface area (Å²) in [7, 11) is 1.70. The summed E-state index contributed by atoms with van der Waals surface area (Å²) < 4.78 is 4.96. The molecule has 0 heterocycles. The Hall–Kier alpha value is -0.120. The minimum absolute atomic E-state index is 0.486. The predicted octanol–water partition coefficient (Wildman–Crippen LogP) is 1.41. The normalized spacial score (nSPS) is 36.8. The maximum atomic E-state index is 10.4. The maximum absolute atomic E-state index is 10.4. The second-order valence-electron chi connectivity index (χ2n) is 5.09. The SMILES string of the molecule is COCCNCC1(O)CCC(C)C(C)C1. The van der Waals surface area contributed by atoms with Crippen molar-refractivity contribution in [2.24, 2.45) is 11.8 Å². The van der Waals surface area contributed by atoms with Crippen LogP contribution in [0.25, 0.3) is 0 Å². The van der Waals surface area contributed by atoms with Crippen LogP contribution in [0.3, 0.4) is 0 Å². The van der Waals surface area contributed by atoms with Gasteiger partial charge in [0.1, 0.15) is 0 Å². The number of methoxy groups -OCH3 is 1. The standard InChI is InChI=1S/C12H25NO2/c1-10-4-5-12(14,8-11(10)2)9-13-6-7-15-3/h10-11,13-14H,4-9H2,1-3H3. The van der Waals surface area contributed by atoms with Crippen LogP contribution < -0.4 is 5.32 Å². The predicted molar refractivity (Wildman–Crippen MR) is 61.9 cm³/mol. The lowest BCUT2D eigenvalue weighted by atomic mass is 9.73. The van der Waals surface area contributed by atoms with Crippen molar-refractivity contribution in [3.8, 4) is 0 Å². The molecule has 0 saturated heterocycles. The summed E-state index contributed by atoms with van der Waals surface area (Å²) in [6.07, 6.45) is 3.00. The van der Waals surface area contributed by atoms with Crippen molar-refractivity contribution in [2.45, 2.75) is 38.7 Å². The summed E-state index contributed by atoms with van der Waals surface area (Å²) in [4.78, 5) is 0. The Morgan fingerprint density at radius 1 is 1.40 bits per heavy atom. The average Bonchev–Trinajstić information content (AvgIpc) is 2.20. The molecule has 3 unspecified atom stereocenters. The van der Waals surface area contributed by atoms with Gasteiger partial charge in [0.2, 0.25) is 0 Å². The van der Waals surface area contributed by atoms with Crippen LogP contribution in [0.1, 0.15) is 33.1 Å². The number of ether oxygens (including phenoxy) is 1. The largest absolute Gasteiger partial charge is 0.389 e. The van der Waals surface area contributed by atoms with Crippen LogP contribution in [-0.2, 0) is 4.74 Å². The third-order valence-corrected chi connectivity index (χ3v) is 3.68. The highest BCUT2D eigenvalue weighted by Gasteiger charge is 2.35. The zero-order valence-corrected chi connectivity index (χ0v) is 10.3. The van der Waals surface area contributed by atoms with E-state index in [-0.39, 0.29) is 0 Å². The smallest absolute Gasteiger partial charge is 0.0774 e. The van der Waals surface area contributed by atoms with Gasteiger partial charge < -0.3 is 15.2 Å². The van der Waals surface area contributed by atoms with E-state index in [1.807, 2.05) is 0 Å². The molecule has 3 nitrogen and oxygen atoms in total. The molecule has 1 saturated carbocycles. The Morgan fingerprint density at radius 3 is 2.73 bits per heavy atom. The van der Waals surface area contributed by atoms with Crippen molar-refractivity contribution in [3.05, 3.63) is 0 Å². The first-order valence-corrected chi connectivity index (χ1v) is 5.99. The quantitative estimate of drug-likeness (QED) is 0.681. The third-order valence-electron chi connectivity index (χ3n) is 3.68. The average molecular weight is 215 g/mol. The highest BCUT2D eigenvalue weighted by molar-refractivity contribution is 4.89. The molecule has 0 aromatic carbocycles. The van der Waals surface area contributed by atoms with Crippen molar-refractivity contribution in [1.29, 1.82) is 0 Å². The number of hydrogen-bond donors (Lipinski definition) is 2. The summed E-state index contributed by atoms with van der Waals surface area (Å²) >= 11 is 0. The molecule has 0 aromatic rings. The molecular formula is C12H25NO2. The Balaban J connectivity index is 2.26. The fraction of sp³-hybridized carbons (Fsp3) is 1.00. The molecule has 0 radical (unpaired) electrons. The second kappa shape index (κ2) is 5.83. The van der Waals surface area contributed by atoms with Gasteiger partial charge in [-0.2, -0.15) is 0 Å². The Bertz CT molecular complexity index is 186. The third kappa shape index (κ3) is 4.09. The first-order chi connectivity index (χ1) is 7.07. The van der Waals surface area contributed by atoms with Crippen LogP contribution in [-0.4, -0.2) is 37.5 Å². The minimum Gasteiger partial charge on any atom is -0.389 e. The fourth-order valence-corrected chi connectivity index (χ4v) is 2.34. The van der Waals surface area contributed by atoms with Gasteiger partial charge in [-0.15, -0.1) is 0 Å². The molecule has 2 N–H and O–H groups in total. The molecule has 90 valence electrons. The van der Waals surface area contributed by atoms with Gasteiger partial charge in [-0.1, -0.05) is 13.8 Å². The zero-order chi connectivity index (χ0) is 11.3. The van der Waals surface area contributed by atoms with E-state index in [1.54, 1.807) is 7.11 Å². The highest BCUT2D eigenvalue weighted by Crippen LogP contribution is 2.35. The van der Waals surface area contributed by atoms with Crippen molar-refractivity contribution >= 4 is 0 Å². The lowest BCUT2D eigenvalue weighted by Crippen LogP contribution is -2.46. The Kier molecular flexibility index (Phi) is 5.03. The van der Waals surface area contributed by atoms with Gasteiger partial charge in [-0.05, 0) is 31.1 Å². The number of nitrogens with one attached hydrogen (secondary N) is 1. The lowest BCUT2D eigenvalue weighted by molar-refractivity contribution is -0.0276. The summed E-state index contributed by atoms with van der Waals surface area (Å²) in [5, 5.41) is 13.6. The molecule has 0 aromatic heterocycles. The van der Waals surface area contributed by atoms with Crippen LogP contribution in [0, 0.1) is 11.8 Å². The fourth-order valence-electron chi connectivity index (χ4n) is 2.34. The molecule has 1 aliphatic rings. The van der Waals surface area contributed by atoms with Crippen molar-refractivity contribution in [2.75, 3.05) is 26.8 Å². The maximum Gasteiger partial charge on any atom is 0.0774 e. The topological polar surface area (TPSA) is 41.5 Å².